The Balaban J connectivity index is 0.00000191. The van der Waals surface area contributed by atoms with Gasteiger partial charge in [0.15, 0.2) is 6.29 Å². The Morgan fingerprint density at radius 3 is 2.33 bits per heavy atom. The molecule has 21 heavy (non-hydrogen) atoms. The number of aldehydes is 1. The first-order valence-electron chi connectivity index (χ1n) is 8.00. The summed E-state index contributed by atoms with van der Waals surface area (Å²) in [5, 5.41) is 0. The van der Waals surface area contributed by atoms with Gasteiger partial charge in [-0.15, -0.1) is 0 Å². The largest absolute Gasteiger partial charge is 0.342 e. The standard InChI is InChI=1S/C16H23NO2.C2H6/c1-3-4-5-6-9-12-17(2)16(19)15-11-8-7-10-14(15)13-18;1-2/h7-8,10-11,13H,3-6,9,12H2,1-2H3;1-2H3. The summed E-state index contributed by atoms with van der Waals surface area (Å²) in [7, 11) is 1.80. The molecule has 1 rings (SSSR count). The smallest absolute Gasteiger partial charge is 0.254 e. The lowest BCUT2D eigenvalue weighted by atomic mass is 10.1. The van der Waals surface area contributed by atoms with Crippen molar-refractivity contribution in [3.8, 4) is 0 Å². The van der Waals surface area contributed by atoms with E-state index in [2.05, 4.69) is 6.92 Å². The summed E-state index contributed by atoms with van der Waals surface area (Å²) >= 11 is 0. The SMILES string of the molecule is CC.CCCCCCCN(C)C(=O)c1ccccc1C=O. The monoisotopic (exact) mass is 291 g/mol. The van der Waals surface area contributed by atoms with E-state index < -0.39 is 0 Å². The van der Waals surface area contributed by atoms with Crippen LogP contribution in [0.5, 0.6) is 0 Å². The topological polar surface area (TPSA) is 37.4 Å². The number of amides is 1. The Bertz CT molecular complexity index is 415. The molecule has 0 saturated carbocycles. The van der Waals surface area contributed by atoms with Crippen LogP contribution in [0.1, 0.15) is 73.6 Å². The average molecular weight is 291 g/mol. The van der Waals surface area contributed by atoms with Crippen LogP contribution in [0.3, 0.4) is 0 Å². The fourth-order valence-corrected chi connectivity index (χ4v) is 2.05. The number of nitrogens with zero attached hydrogens (tertiary/aromatic N) is 1. The van der Waals surface area contributed by atoms with Gasteiger partial charge < -0.3 is 4.90 Å². The third-order valence-electron chi connectivity index (χ3n) is 3.26. The van der Waals surface area contributed by atoms with Gasteiger partial charge in [-0.1, -0.05) is 64.7 Å². The molecule has 0 unspecified atom stereocenters. The first kappa shape index (κ1) is 19.4. The second kappa shape index (κ2) is 12.1. The molecule has 3 nitrogen and oxygen atoms in total. The van der Waals surface area contributed by atoms with Gasteiger partial charge in [0, 0.05) is 19.2 Å². The third-order valence-corrected chi connectivity index (χ3v) is 3.26. The molecule has 1 aromatic carbocycles. The highest BCUT2D eigenvalue weighted by atomic mass is 16.2. The Morgan fingerprint density at radius 1 is 1.10 bits per heavy atom. The zero-order chi connectivity index (χ0) is 16.1. The fourth-order valence-electron chi connectivity index (χ4n) is 2.05. The van der Waals surface area contributed by atoms with E-state index in [4.69, 9.17) is 0 Å². The normalized spacial score (nSPS) is 9.52. The number of hydrogen-bond donors (Lipinski definition) is 0. The number of unbranched alkanes of at least 4 members (excludes halogenated alkanes) is 4. The average Bonchev–Trinajstić information content (AvgIpc) is 2.55. The van der Waals surface area contributed by atoms with E-state index in [-0.39, 0.29) is 5.91 Å². The number of carbonyl (C=O) groups excluding carboxylic acids is 2. The fraction of sp³-hybridized carbons (Fsp3) is 0.556. The molecular formula is C18H29NO2. The summed E-state index contributed by atoms with van der Waals surface area (Å²) in [6.45, 7) is 6.93. The summed E-state index contributed by atoms with van der Waals surface area (Å²) in [5.41, 5.74) is 0.957. The summed E-state index contributed by atoms with van der Waals surface area (Å²) in [6, 6.07) is 6.94. The predicted octanol–water partition coefficient (Wildman–Crippen LogP) is 4.57. The van der Waals surface area contributed by atoms with Crippen LogP contribution in [-0.4, -0.2) is 30.7 Å². The molecular weight excluding hydrogens is 262 g/mol. The Hall–Kier alpha value is -1.64. The molecule has 0 aromatic heterocycles. The highest BCUT2D eigenvalue weighted by Crippen LogP contribution is 2.10. The van der Waals surface area contributed by atoms with Crippen LogP contribution in [0, 0.1) is 0 Å². The van der Waals surface area contributed by atoms with Gasteiger partial charge in [-0.2, -0.15) is 0 Å². The van der Waals surface area contributed by atoms with Crippen molar-refractivity contribution in [3.63, 3.8) is 0 Å². The summed E-state index contributed by atoms with van der Waals surface area (Å²) in [6.07, 6.45) is 6.62. The van der Waals surface area contributed by atoms with Gasteiger partial charge in [-0.3, -0.25) is 9.59 Å². The molecule has 0 saturated heterocycles. The number of benzene rings is 1. The van der Waals surface area contributed by atoms with Crippen LogP contribution >= 0.6 is 0 Å². The van der Waals surface area contributed by atoms with Crippen LogP contribution in [-0.2, 0) is 0 Å². The lowest BCUT2D eigenvalue weighted by molar-refractivity contribution is 0.0789. The molecule has 0 spiro atoms. The van der Waals surface area contributed by atoms with Crippen LogP contribution in [0.2, 0.25) is 0 Å². The van der Waals surface area contributed by atoms with Crippen molar-refractivity contribution in [1.29, 1.82) is 0 Å². The summed E-state index contributed by atoms with van der Waals surface area (Å²) < 4.78 is 0. The van der Waals surface area contributed by atoms with Gasteiger partial charge >= 0.3 is 0 Å². The molecule has 0 heterocycles. The van der Waals surface area contributed by atoms with Crippen molar-refractivity contribution in [2.45, 2.75) is 52.9 Å². The van der Waals surface area contributed by atoms with Gasteiger partial charge in [-0.05, 0) is 12.5 Å². The first-order valence-corrected chi connectivity index (χ1v) is 8.00. The van der Waals surface area contributed by atoms with Crippen LogP contribution in [0.4, 0.5) is 0 Å². The maximum Gasteiger partial charge on any atom is 0.254 e. The molecule has 0 N–H and O–H groups in total. The predicted molar refractivity (Wildman–Crippen MR) is 88.9 cm³/mol. The van der Waals surface area contributed by atoms with Crippen molar-refractivity contribution >= 4 is 12.2 Å². The van der Waals surface area contributed by atoms with Gasteiger partial charge in [0.25, 0.3) is 5.91 Å². The molecule has 0 atom stereocenters. The minimum atomic E-state index is -0.0711. The second-order valence-electron chi connectivity index (χ2n) is 4.85. The summed E-state index contributed by atoms with van der Waals surface area (Å²) in [4.78, 5) is 24.8. The highest BCUT2D eigenvalue weighted by Gasteiger charge is 2.14. The molecule has 118 valence electrons. The number of hydrogen-bond acceptors (Lipinski definition) is 2. The molecule has 0 radical (unpaired) electrons. The van der Waals surface area contributed by atoms with E-state index in [1.54, 1.807) is 36.2 Å². The van der Waals surface area contributed by atoms with Crippen LogP contribution in [0.15, 0.2) is 24.3 Å². The molecule has 0 aliphatic rings. The zero-order valence-corrected chi connectivity index (χ0v) is 13.9. The molecule has 1 aromatic rings. The maximum atomic E-state index is 12.2. The second-order valence-corrected chi connectivity index (χ2v) is 4.85. The molecule has 0 aliphatic carbocycles. The maximum absolute atomic E-state index is 12.2. The molecule has 3 heteroatoms. The first-order chi connectivity index (χ1) is 10.2. The van der Waals surface area contributed by atoms with Crippen LogP contribution < -0.4 is 0 Å². The lowest BCUT2D eigenvalue weighted by Crippen LogP contribution is -2.28. The number of rotatable bonds is 8. The van der Waals surface area contributed by atoms with E-state index in [9.17, 15) is 9.59 Å². The third kappa shape index (κ3) is 7.07. The molecule has 1 amide bonds. The van der Waals surface area contributed by atoms with Crippen molar-refractivity contribution in [1.82, 2.24) is 4.90 Å². The summed E-state index contributed by atoms with van der Waals surface area (Å²) in [5.74, 6) is -0.0711. The van der Waals surface area contributed by atoms with Gasteiger partial charge in [0.05, 0.1) is 5.56 Å². The van der Waals surface area contributed by atoms with E-state index in [0.29, 0.717) is 11.1 Å². The van der Waals surface area contributed by atoms with E-state index in [1.165, 1.54) is 19.3 Å². The van der Waals surface area contributed by atoms with Crippen LogP contribution in [0.25, 0.3) is 0 Å². The minimum absolute atomic E-state index is 0.0711. The molecule has 0 aliphatic heterocycles. The Kier molecular flexibility index (Phi) is 11.2. The Morgan fingerprint density at radius 2 is 1.71 bits per heavy atom. The van der Waals surface area contributed by atoms with E-state index >= 15 is 0 Å². The van der Waals surface area contributed by atoms with E-state index in [1.807, 2.05) is 13.8 Å². The quantitative estimate of drug-likeness (QED) is 0.520. The molecule has 0 fully saturated rings. The molecule has 0 bridgehead atoms. The van der Waals surface area contributed by atoms with Crippen molar-refractivity contribution in [2.75, 3.05) is 13.6 Å². The van der Waals surface area contributed by atoms with Gasteiger partial charge in [-0.25, -0.2) is 0 Å². The minimum Gasteiger partial charge on any atom is -0.342 e. The zero-order valence-electron chi connectivity index (χ0n) is 13.9. The highest BCUT2D eigenvalue weighted by molar-refractivity contribution is 6.01. The lowest BCUT2D eigenvalue weighted by Gasteiger charge is -2.18. The van der Waals surface area contributed by atoms with Crippen molar-refractivity contribution in [3.05, 3.63) is 35.4 Å². The van der Waals surface area contributed by atoms with E-state index in [0.717, 1.165) is 25.7 Å². The van der Waals surface area contributed by atoms with Crippen molar-refractivity contribution < 1.29 is 9.59 Å². The van der Waals surface area contributed by atoms with Gasteiger partial charge in [0.1, 0.15) is 0 Å². The van der Waals surface area contributed by atoms with Crippen molar-refractivity contribution in [2.24, 2.45) is 0 Å². The van der Waals surface area contributed by atoms with Gasteiger partial charge in [0.2, 0.25) is 0 Å². The Labute approximate surface area is 129 Å². The number of carbonyl (C=O) groups is 2.